The number of rotatable bonds is 1. The average molecular weight is 242 g/mol. The lowest BCUT2D eigenvalue weighted by molar-refractivity contribution is 0.0778. The molecule has 2 atom stereocenters. The first-order valence-corrected chi connectivity index (χ1v) is 7.08. The van der Waals surface area contributed by atoms with Gasteiger partial charge in [0.2, 0.25) is 0 Å². The molecule has 0 amide bonds. The van der Waals surface area contributed by atoms with Gasteiger partial charge in [0.1, 0.15) is 11.0 Å². The third-order valence-electron chi connectivity index (χ3n) is 4.07. The molecular weight excluding hydrogens is 220 g/mol. The van der Waals surface area contributed by atoms with Crippen LogP contribution in [0.15, 0.2) is 11.5 Å². The van der Waals surface area contributed by atoms with E-state index >= 15 is 0 Å². The van der Waals surface area contributed by atoms with Crippen LogP contribution in [0.1, 0.15) is 27.7 Å². The summed E-state index contributed by atoms with van der Waals surface area (Å²) < 4.78 is 14.3. The van der Waals surface area contributed by atoms with Crippen molar-refractivity contribution in [3.63, 3.8) is 0 Å². The fourth-order valence-corrected chi connectivity index (χ4v) is 4.27. The Morgan fingerprint density at radius 2 is 2.06 bits per heavy atom. The van der Waals surface area contributed by atoms with Crippen LogP contribution in [0.3, 0.4) is 0 Å². The summed E-state index contributed by atoms with van der Waals surface area (Å²) in [5.41, 5.74) is -0.0293. The van der Waals surface area contributed by atoms with Crippen molar-refractivity contribution in [3.05, 3.63) is 11.5 Å². The average Bonchev–Trinajstić information content (AvgIpc) is 2.40. The molecule has 92 valence electrons. The molecule has 0 N–H and O–H groups in total. The van der Waals surface area contributed by atoms with Crippen LogP contribution < -0.4 is 0 Å². The molecule has 16 heavy (non-hydrogen) atoms. The Labute approximate surface area is 101 Å². The third kappa shape index (κ3) is 1.67. The Kier molecular flexibility index (Phi) is 3.01. The molecule has 4 heteroatoms. The summed E-state index contributed by atoms with van der Waals surface area (Å²) in [7, 11) is -0.969. The summed E-state index contributed by atoms with van der Waals surface area (Å²) in [4.78, 5) is 3.36. The molecule has 0 saturated carbocycles. The number of piperazine rings is 1. The third-order valence-corrected chi connectivity index (χ3v) is 5.88. The maximum absolute atomic E-state index is 12.2. The van der Waals surface area contributed by atoms with Crippen LogP contribution in [0.5, 0.6) is 0 Å². The van der Waals surface area contributed by atoms with E-state index in [-0.39, 0.29) is 5.41 Å². The van der Waals surface area contributed by atoms with Gasteiger partial charge in [0.25, 0.3) is 0 Å². The second-order valence-electron chi connectivity index (χ2n) is 5.64. The highest BCUT2D eigenvalue weighted by molar-refractivity contribution is 7.87. The molecule has 2 heterocycles. The van der Waals surface area contributed by atoms with Gasteiger partial charge in [-0.1, -0.05) is 20.4 Å². The highest BCUT2D eigenvalue weighted by Gasteiger charge is 2.50. The predicted octanol–water partition coefficient (Wildman–Crippen LogP) is 1.60. The molecule has 0 radical (unpaired) electrons. The molecular formula is C12H22N2OS. The van der Waals surface area contributed by atoms with Gasteiger partial charge in [-0.2, -0.15) is 0 Å². The fourth-order valence-electron chi connectivity index (χ4n) is 2.60. The van der Waals surface area contributed by atoms with Crippen LogP contribution in [0.25, 0.3) is 0 Å². The Balaban J connectivity index is 2.24. The van der Waals surface area contributed by atoms with Gasteiger partial charge in [-0.05, 0) is 13.8 Å². The Morgan fingerprint density at radius 3 is 2.62 bits per heavy atom. The van der Waals surface area contributed by atoms with E-state index in [9.17, 15) is 4.21 Å². The van der Waals surface area contributed by atoms with E-state index in [0.717, 1.165) is 24.5 Å². The molecule has 2 unspecified atom stereocenters. The van der Waals surface area contributed by atoms with Gasteiger partial charge in [-0.25, -0.2) is 8.51 Å². The fraction of sp³-hybridized carbons (Fsp3) is 0.833. The minimum atomic E-state index is -0.969. The zero-order chi connectivity index (χ0) is 12.1. The normalized spacial score (nSPS) is 35.7. The van der Waals surface area contributed by atoms with E-state index in [1.54, 1.807) is 0 Å². The quantitative estimate of drug-likeness (QED) is 0.697. The van der Waals surface area contributed by atoms with Crippen LogP contribution in [0.4, 0.5) is 0 Å². The Hall–Kier alpha value is -0.190. The van der Waals surface area contributed by atoms with Gasteiger partial charge in [-0.15, -0.1) is 0 Å². The monoisotopic (exact) mass is 242 g/mol. The molecule has 0 aromatic carbocycles. The Bertz CT molecular complexity index is 338. The number of nitrogens with zero attached hydrogens (tertiary/aromatic N) is 2. The van der Waals surface area contributed by atoms with Crippen molar-refractivity contribution >= 4 is 11.0 Å². The summed E-state index contributed by atoms with van der Waals surface area (Å²) in [6.07, 6.45) is 0. The lowest BCUT2D eigenvalue weighted by Gasteiger charge is -2.42. The smallest absolute Gasteiger partial charge is 0.123 e. The van der Waals surface area contributed by atoms with E-state index in [1.807, 2.05) is 0 Å². The van der Waals surface area contributed by atoms with Crippen molar-refractivity contribution < 1.29 is 4.21 Å². The lowest BCUT2D eigenvalue weighted by atomic mass is 9.83. The molecule has 0 spiro atoms. The summed E-state index contributed by atoms with van der Waals surface area (Å²) in [6, 6.07) is 0.928. The van der Waals surface area contributed by atoms with Crippen molar-refractivity contribution in [2.45, 2.75) is 39.8 Å². The molecule has 2 saturated heterocycles. The van der Waals surface area contributed by atoms with Crippen molar-refractivity contribution in [2.75, 3.05) is 19.6 Å². The molecule has 0 aliphatic carbocycles. The highest BCUT2D eigenvalue weighted by Crippen LogP contribution is 2.44. The number of hydrogen-bond donors (Lipinski definition) is 0. The van der Waals surface area contributed by atoms with Gasteiger partial charge in [-0.3, -0.25) is 4.90 Å². The van der Waals surface area contributed by atoms with Crippen LogP contribution in [-0.2, 0) is 11.0 Å². The molecule has 2 fully saturated rings. The second kappa shape index (κ2) is 3.93. The summed E-state index contributed by atoms with van der Waals surface area (Å²) in [5.74, 6) is 0. The minimum absolute atomic E-state index is 0.0293. The predicted molar refractivity (Wildman–Crippen MR) is 68.3 cm³/mol. The molecule has 0 aromatic rings. The van der Waals surface area contributed by atoms with E-state index in [1.165, 1.54) is 0 Å². The van der Waals surface area contributed by atoms with E-state index in [4.69, 9.17) is 0 Å². The van der Waals surface area contributed by atoms with Gasteiger partial charge in [0.15, 0.2) is 0 Å². The zero-order valence-corrected chi connectivity index (χ0v) is 11.5. The van der Waals surface area contributed by atoms with E-state index in [2.05, 4.69) is 43.5 Å². The van der Waals surface area contributed by atoms with Crippen molar-refractivity contribution in [1.82, 2.24) is 9.21 Å². The van der Waals surface area contributed by atoms with Crippen LogP contribution in [0, 0.1) is 5.41 Å². The molecule has 0 aromatic heterocycles. The SMILES string of the molecule is C=C1S(=O)N2CCN(C(C)C)CC2C1(C)C. The maximum Gasteiger partial charge on any atom is 0.123 e. The highest BCUT2D eigenvalue weighted by atomic mass is 32.2. The second-order valence-corrected chi connectivity index (χ2v) is 7.10. The van der Waals surface area contributed by atoms with Gasteiger partial charge in [0.05, 0.1) is 0 Å². The van der Waals surface area contributed by atoms with Gasteiger partial charge < -0.3 is 0 Å². The van der Waals surface area contributed by atoms with Gasteiger partial charge in [0, 0.05) is 42.0 Å². The van der Waals surface area contributed by atoms with E-state index < -0.39 is 11.0 Å². The first-order valence-electron chi connectivity index (χ1n) is 5.97. The zero-order valence-electron chi connectivity index (χ0n) is 10.7. The number of hydrogen-bond acceptors (Lipinski definition) is 2. The van der Waals surface area contributed by atoms with Crippen LogP contribution >= 0.6 is 0 Å². The first kappa shape index (κ1) is 12.3. The first-order chi connectivity index (χ1) is 7.35. The summed E-state index contributed by atoms with van der Waals surface area (Å²) >= 11 is 0. The van der Waals surface area contributed by atoms with Crippen molar-refractivity contribution in [3.8, 4) is 0 Å². The minimum Gasteiger partial charge on any atom is -0.298 e. The summed E-state index contributed by atoms with van der Waals surface area (Å²) in [5, 5.41) is 0. The molecule has 2 rings (SSSR count). The van der Waals surface area contributed by atoms with Gasteiger partial charge >= 0.3 is 0 Å². The lowest BCUT2D eigenvalue weighted by Crippen LogP contribution is -2.55. The van der Waals surface area contributed by atoms with Crippen LogP contribution in [-0.4, -0.2) is 45.1 Å². The maximum atomic E-state index is 12.2. The summed E-state index contributed by atoms with van der Waals surface area (Å²) in [6.45, 7) is 15.7. The molecule has 2 aliphatic rings. The molecule has 0 bridgehead atoms. The molecule has 2 aliphatic heterocycles. The largest absolute Gasteiger partial charge is 0.298 e. The Morgan fingerprint density at radius 1 is 1.44 bits per heavy atom. The molecule has 3 nitrogen and oxygen atoms in total. The van der Waals surface area contributed by atoms with E-state index in [0.29, 0.717) is 12.1 Å². The number of fused-ring (bicyclic) bond motifs is 1. The van der Waals surface area contributed by atoms with Crippen molar-refractivity contribution in [1.29, 1.82) is 0 Å². The topological polar surface area (TPSA) is 23.6 Å². The van der Waals surface area contributed by atoms with Crippen molar-refractivity contribution in [2.24, 2.45) is 5.41 Å². The van der Waals surface area contributed by atoms with Crippen LogP contribution in [0.2, 0.25) is 0 Å². The standard InChI is InChI=1S/C12H22N2OS/c1-9(2)13-6-7-14-11(8-13)12(4,5)10(3)16(14)15/h9,11H,3,6-8H2,1-2,4-5H3.